The van der Waals surface area contributed by atoms with E-state index in [9.17, 15) is 13.2 Å². The van der Waals surface area contributed by atoms with Gasteiger partial charge in [0.05, 0.1) is 38.0 Å². The summed E-state index contributed by atoms with van der Waals surface area (Å²) < 4.78 is 43.5. The maximum absolute atomic E-state index is 13.0. The maximum Gasteiger partial charge on any atom is 0.247 e. The molecule has 1 N–H and O–H groups in total. The second kappa shape index (κ2) is 10.8. The van der Waals surface area contributed by atoms with Crippen molar-refractivity contribution in [2.45, 2.75) is 30.3 Å². The van der Waals surface area contributed by atoms with Crippen molar-refractivity contribution in [3.8, 4) is 11.5 Å². The van der Waals surface area contributed by atoms with Crippen molar-refractivity contribution in [3.05, 3.63) is 83.8 Å². The summed E-state index contributed by atoms with van der Waals surface area (Å²) in [7, 11) is -0.457. The Balaban J connectivity index is 1.44. The van der Waals surface area contributed by atoms with Gasteiger partial charge in [0.15, 0.2) is 0 Å². The highest BCUT2D eigenvalue weighted by Gasteiger charge is 2.31. The summed E-state index contributed by atoms with van der Waals surface area (Å²) in [6.45, 7) is 0.716. The minimum Gasteiger partial charge on any atom is -0.497 e. The lowest BCUT2D eigenvalue weighted by Gasteiger charge is -2.25. The fraction of sp³-hybridized carbons (Fsp3) is 0.269. The zero-order valence-electron chi connectivity index (χ0n) is 19.6. The zero-order valence-corrected chi connectivity index (χ0v) is 20.5. The van der Waals surface area contributed by atoms with Gasteiger partial charge in [-0.25, -0.2) is 13.1 Å². The predicted octanol–water partition coefficient (Wildman–Crippen LogP) is 4.15. The van der Waals surface area contributed by atoms with E-state index in [4.69, 9.17) is 13.9 Å². The molecule has 1 amide bonds. The van der Waals surface area contributed by atoms with Crippen LogP contribution in [0.2, 0.25) is 0 Å². The van der Waals surface area contributed by atoms with Gasteiger partial charge in [0.2, 0.25) is 15.9 Å². The number of carbonyl (C=O) groups excluding carboxylic acids is 1. The van der Waals surface area contributed by atoms with Gasteiger partial charge < -0.3 is 18.8 Å². The first-order valence-corrected chi connectivity index (χ1v) is 12.7. The normalized spacial score (nSPS) is 16.1. The predicted molar refractivity (Wildman–Crippen MR) is 131 cm³/mol. The second-order valence-corrected chi connectivity index (χ2v) is 9.87. The maximum atomic E-state index is 13.0. The number of benzene rings is 2. The third kappa shape index (κ3) is 5.75. The number of methoxy groups -OCH3 is 2. The van der Waals surface area contributed by atoms with Gasteiger partial charge in [-0.3, -0.25) is 4.79 Å². The van der Waals surface area contributed by atoms with E-state index in [2.05, 4.69) is 4.72 Å². The summed E-state index contributed by atoms with van der Waals surface area (Å²) in [6.07, 6.45) is 6.42. The summed E-state index contributed by atoms with van der Waals surface area (Å²) in [6, 6.07) is 15.2. The smallest absolute Gasteiger partial charge is 0.247 e. The van der Waals surface area contributed by atoms with Gasteiger partial charge in [0, 0.05) is 18.2 Å². The molecular formula is C26H28N2O6S. The average molecular weight is 497 g/mol. The molecule has 0 bridgehead atoms. The number of sulfonamides is 1. The minimum atomic E-state index is -3.68. The van der Waals surface area contributed by atoms with Gasteiger partial charge in [0.1, 0.15) is 17.3 Å². The molecule has 1 saturated heterocycles. The number of hydrogen-bond acceptors (Lipinski definition) is 6. The van der Waals surface area contributed by atoms with Gasteiger partial charge in [0.25, 0.3) is 0 Å². The molecule has 0 radical (unpaired) electrons. The lowest BCUT2D eigenvalue weighted by atomic mass is 10.0. The van der Waals surface area contributed by atoms with Crippen molar-refractivity contribution in [3.63, 3.8) is 0 Å². The Kier molecular flexibility index (Phi) is 7.57. The molecule has 1 aromatic heterocycles. The lowest BCUT2D eigenvalue weighted by Crippen LogP contribution is -2.29. The standard InChI is InChI=1S/C26H28N2O6S/c1-32-20-10-13-25(33-2)23(17-20)24-6-3-15-28(24)26(29)14-9-19-7-11-22(12-8-19)35(30,31)27-18-21-5-4-16-34-21/h4-5,7-14,16-17,24,27H,3,6,15,18H2,1-2H3. The van der Waals surface area contributed by atoms with Crippen LogP contribution in [-0.2, 0) is 21.4 Å². The van der Waals surface area contributed by atoms with Gasteiger partial charge in [-0.1, -0.05) is 12.1 Å². The van der Waals surface area contributed by atoms with E-state index in [-0.39, 0.29) is 23.4 Å². The third-order valence-electron chi connectivity index (χ3n) is 5.96. The van der Waals surface area contributed by atoms with Crippen molar-refractivity contribution in [1.29, 1.82) is 0 Å². The topological polar surface area (TPSA) is 98.1 Å². The third-order valence-corrected chi connectivity index (χ3v) is 7.37. The van der Waals surface area contributed by atoms with Gasteiger partial charge in [-0.05, 0) is 66.9 Å². The van der Waals surface area contributed by atoms with Crippen molar-refractivity contribution in [1.82, 2.24) is 9.62 Å². The van der Waals surface area contributed by atoms with Crippen LogP contribution in [0, 0.1) is 0 Å². The molecule has 1 aliphatic heterocycles. The van der Waals surface area contributed by atoms with E-state index in [1.165, 1.54) is 24.5 Å². The monoisotopic (exact) mass is 496 g/mol. The highest BCUT2D eigenvalue weighted by molar-refractivity contribution is 7.89. The molecule has 2 aromatic carbocycles. The largest absolute Gasteiger partial charge is 0.497 e. The fourth-order valence-electron chi connectivity index (χ4n) is 4.14. The van der Waals surface area contributed by atoms with Crippen molar-refractivity contribution >= 4 is 22.0 Å². The first-order valence-electron chi connectivity index (χ1n) is 11.2. The Labute approximate surface area is 205 Å². The SMILES string of the molecule is COc1ccc(OC)c(C2CCCN2C(=O)C=Cc2ccc(S(=O)(=O)NCc3ccco3)cc2)c1. The highest BCUT2D eigenvalue weighted by Crippen LogP contribution is 2.39. The summed E-state index contributed by atoms with van der Waals surface area (Å²) in [5.41, 5.74) is 1.64. The lowest BCUT2D eigenvalue weighted by molar-refractivity contribution is -0.126. The molecular weight excluding hydrogens is 468 g/mol. The summed E-state index contributed by atoms with van der Waals surface area (Å²) >= 11 is 0. The van der Waals surface area contributed by atoms with Crippen LogP contribution in [0.3, 0.4) is 0 Å². The molecule has 9 heteroatoms. The van der Waals surface area contributed by atoms with Crippen LogP contribution in [0.1, 0.15) is 35.8 Å². The highest BCUT2D eigenvalue weighted by atomic mass is 32.2. The molecule has 0 spiro atoms. The fourth-order valence-corrected chi connectivity index (χ4v) is 5.13. The molecule has 1 unspecified atom stereocenters. The summed E-state index contributed by atoms with van der Waals surface area (Å²) in [4.78, 5) is 15.0. The summed E-state index contributed by atoms with van der Waals surface area (Å²) in [5.74, 6) is 1.84. The number of rotatable bonds is 9. The van der Waals surface area contributed by atoms with Gasteiger partial charge in [-0.15, -0.1) is 0 Å². The molecule has 2 heterocycles. The van der Waals surface area contributed by atoms with Crippen LogP contribution in [0.25, 0.3) is 6.08 Å². The Bertz CT molecular complexity index is 1280. The van der Waals surface area contributed by atoms with E-state index in [1.807, 2.05) is 23.1 Å². The van der Waals surface area contributed by atoms with Crippen LogP contribution in [0.4, 0.5) is 0 Å². The van der Waals surface area contributed by atoms with E-state index < -0.39 is 10.0 Å². The van der Waals surface area contributed by atoms with Crippen LogP contribution in [-0.4, -0.2) is 40.0 Å². The molecule has 1 aliphatic rings. The first-order chi connectivity index (χ1) is 16.9. The van der Waals surface area contributed by atoms with Crippen LogP contribution in [0.5, 0.6) is 11.5 Å². The van der Waals surface area contributed by atoms with Crippen LogP contribution < -0.4 is 14.2 Å². The molecule has 184 valence electrons. The molecule has 35 heavy (non-hydrogen) atoms. The van der Waals surface area contributed by atoms with Crippen molar-refractivity contribution in [2.75, 3.05) is 20.8 Å². The number of nitrogens with zero attached hydrogens (tertiary/aromatic N) is 1. The first kappa shape index (κ1) is 24.6. The number of hydrogen-bond donors (Lipinski definition) is 1. The number of ether oxygens (including phenoxy) is 2. The summed E-state index contributed by atoms with van der Waals surface area (Å²) in [5, 5.41) is 0. The number of amides is 1. The quantitative estimate of drug-likeness (QED) is 0.447. The van der Waals surface area contributed by atoms with Gasteiger partial charge >= 0.3 is 0 Å². The van der Waals surface area contributed by atoms with Crippen LogP contribution >= 0.6 is 0 Å². The Morgan fingerprint density at radius 2 is 1.94 bits per heavy atom. The van der Waals surface area contributed by atoms with E-state index >= 15 is 0 Å². The van der Waals surface area contributed by atoms with E-state index in [0.29, 0.717) is 18.1 Å². The minimum absolute atomic E-state index is 0.0700. The Hall–Kier alpha value is -3.56. The number of carbonyl (C=O) groups is 1. The molecule has 1 atom stereocenters. The van der Waals surface area contributed by atoms with E-state index in [1.54, 1.807) is 44.6 Å². The Morgan fingerprint density at radius 3 is 2.63 bits per heavy atom. The second-order valence-electron chi connectivity index (χ2n) is 8.10. The number of likely N-dealkylation sites (tertiary alicyclic amines) is 1. The molecule has 4 rings (SSSR count). The molecule has 8 nitrogen and oxygen atoms in total. The van der Waals surface area contributed by atoms with Gasteiger partial charge in [-0.2, -0.15) is 0 Å². The number of nitrogens with one attached hydrogen (secondary N) is 1. The molecule has 0 aliphatic carbocycles. The zero-order chi connectivity index (χ0) is 24.8. The average Bonchev–Trinajstić information content (AvgIpc) is 3.58. The Morgan fingerprint density at radius 1 is 1.14 bits per heavy atom. The number of furan rings is 1. The van der Waals surface area contributed by atoms with Crippen molar-refractivity contribution in [2.24, 2.45) is 0 Å². The molecule has 1 fully saturated rings. The van der Waals surface area contributed by atoms with Crippen molar-refractivity contribution < 1.29 is 27.1 Å². The van der Waals surface area contributed by atoms with Crippen LogP contribution in [0.15, 0.2) is 76.2 Å². The molecule has 0 saturated carbocycles. The molecule has 3 aromatic rings. The van der Waals surface area contributed by atoms with E-state index in [0.717, 1.165) is 29.7 Å².